The molecule has 0 saturated heterocycles. The molecule has 1 aliphatic carbocycles. The molecule has 0 heterocycles. The molecule has 1 saturated carbocycles. The Balaban J connectivity index is 2.14. The fourth-order valence-corrected chi connectivity index (χ4v) is 2.88. The monoisotopic (exact) mass is 214 g/mol. The van der Waals surface area contributed by atoms with Gasteiger partial charge in [-0.1, -0.05) is 55.2 Å². The molecule has 1 fully saturated rings. The van der Waals surface area contributed by atoms with Gasteiger partial charge in [0.15, 0.2) is 0 Å². The van der Waals surface area contributed by atoms with Crippen molar-refractivity contribution in [2.24, 2.45) is 5.92 Å². The zero-order valence-corrected chi connectivity index (χ0v) is 10.3. The number of hydrogen-bond donors (Lipinski definition) is 0. The van der Waals surface area contributed by atoms with Gasteiger partial charge in [0, 0.05) is 5.92 Å². The third kappa shape index (κ3) is 2.55. The molecule has 16 heavy (non-hydrogen) atoms. The molecule has 0 radical (unpaired) electrons. The molecule has 0 spiro atoms. The Morgan fingerprint density at radius 2 is 1.75 bits per heavy atom. The molecule has 0 nitrogen and oxygen atoms in total. The van der Waals surface area contributed by atoms with E-state index in [0.29, 0.717) is 5.92 Å². The Bertz CT molecular complexity index is 328. The lowest BCUT2D eigenvalue weighted by molar-refractivity contribution is 0.332. The van der Waals surface area contributed by atoms with E-state index in [1.54, 1.807) is 0 Å². The second-order valence-electron chi connectivity index (χ2n) is 5.07. The number of rotatable bonds is 3. The highest BCUT2D eigenvalue weighted by molar-refractivity contribution is 5.27. The highest BCUT2D eigenvalue weighted by Gasteiger charge is 2.22. The average Bonchev–Trinajstić information content (AvgIpc) is 2.34. The predicted molar refractivity (Wildman–Crippen MR) is 70.7 cm³/mol. The minimum Gasteiger partial charge on any atom is -0.102 e. The van der Waals surface area contributed by atoms with E-state index in [9.17, 15) is 0 Å². The molecule has 1 aromatic carbocycles. The summed E-state index contributed by atoms with van der Waals surface area (Å²) in [5.74, 6) is 1.40. The summed E-state index contributed by atoms with van der Waals surface area (Å²) < 4.78 is 0. The van der Waals surface area contributed by atoms with E-state index in [1.807, 2.05) is 0 Å². The van der Waals surface area contributed by atoms with Crippen molar-refractivity contribution in [1.29, 1.82) is 0 Å². The standard InChI is InChI=1S/C16H22/c1-3-16(14-7-5-4-6-8-14)15-11-9-13(2)10-12-15/h3,9-12,14,16H,1,4-8H2,2H3/t16-/m1/s1. The van der Waals surface area contributed by atoms with Gasteiger partial charge in [-0.05, 0) is 31.2 Å². The zero-order chi connectivity index (χ0) is 11.4. The maximum absolute atomic E-state index is 4.04. The van der Waals surface area contributed by atoms with Crippen LogP contribution in [0.25, 0.3) is 0 Å². The van der Waals surface area contributed by atoms with Gasteiger partial charge in [-0.25, -0.2) is 0 Å². The Morgan fingerprint density at radius 1 is 1.12 bits per heavy atom. The van der Waals surface area contributed by atoms with Crippen LogP contribution in [0, 0.1) is 12.8 Å². The lowest BCUT2D eigenvalue weighted by Crippen LogP contribution is -2.14. The second-order valence-corrected chi connectivity index (χ2v) is 5.07. The summed E-state index contributed by atoms with van der Waals surface area (Å²) in [4.78, 5) is 0. The third-order valence-corrected chi connectivity index (χ3v) is 3.87. The molecule has 1 atom stereocenters. The summed E-state index contributed by atoms with van der Waals surface area (Å²) in [5.41, 5.74) is 2.79. The van der Waals surface area contributed by atoms with E-state index in [4.69, 9.17) is 0 Å². The first-order valence-corrected chi connectivity index (χ1v) is 6.50. The molecule has 1 aromatic rings. The lowest BCUT2D eigenvalue weighted by atomic mass is 9.77. The van der Waals surface area contributed by atoms with Crippen LogP contribution in [-0.2, 0) is 0 Å². The van der Waals surface area contributed by atoms with Gasteiger partial charge < -0.3 is 0 Å². The van der Waals surface area contributed by atoms with Crippen LogP contribution in [0.3, 0.4) is 0 Å². The quantitative estimate of drug-likeness (QED) is 0.631. The van der Waals surface area contributed by atoms with Gasteiger partial charge in [-0.2, -0.15) is 0 Å². The average molecular weight is 214 g/mol. The Labute approximate surface area is 99.4 Å². The molecule has 0 bridgehead atoms. The van der Waals surface area contributed by atoms with Crippen LogP contribution >= 0.6 is 0 Å². The van der Waals surface area contributed by atoms with E-state index in [-0.39, 0.29) is 0 Å². The lowest BCUT2D eigenvalue weighted by Gasteiger charge is -2.28. The fourth-order valence-electron chi connectivity index (χ4n) is 2.88. The molecular formula is C16H22. The van der Waals surface area contributed by atoms with Crippen molar-refractivity contribution in [2.75, 3.05) is 0 Å². The van der Waals surface area contributed by atoms with E-state index in [0.717, 1.165) is 5.92 Å². The maximum atomic E-state index is 4.04. The highest BCUT2D eigenvalue weighted by Crippen LogP contribution is 2.36. The van der Waals surface area contributed by atoms with Crippen LogP contribution in [0.5, 0.6) is 0 Å². The van der Waals surface area contributed by atoms with Gasteiger partial charge in [0.05, 0.1) is 0 Å². The third-order valence-electron chi connectivity index (χ3n) is 3.87. The largest absolute Gasteiger partial charge is 0.102 e. The minimum atomic E-state index is 0.570. The van der Waals surface area contributed by atoms with Gasteiger partial charge in [0.25, 0.3) is 0 Å². The first-order chi connectivity index (χ1) is 7.81. The molecule has 2 rings (SSSR count). The Morgan fingerprint density at radius 3 is 2.31 bits per heavy atom. The Kier molecular flexibility index (Phi) is 3.82. The SMILES string of the molecule is C=C[C@@H](c1ccc(C)cc1)C1CCCCC1. The Hall–Kier alpha value is -1.04. The van der Waals surface area contributed by atoms with Gasteiger partial charge in [0.2, 0.25) is 0 Å². The predicted octanol–water partition coefficient (Wildman–Crippen LogP) is 4.84. The van der Waals surface area contributed by atoms with E-state index in [1.165, 1.54) is 43.2 Å². The number of hydrogen-bond acceptors (Lipinski definition) is 0. The molecule has 0 N–H and O–H groups in total. The maximum Gasteiger partial charge on any atom is 0.00435 e. The first-order valence-electron chi connectivity index (χ1n) is 6.50. The minimum absolute atomic E-state index is 0.570. The van der Waals surface area contributed by atoms with E-state index >= 15 is 0 Å². The van der Waals surface area contributed by atoms with Crippen molar-refractivity contribution >= 4 is 0 Å². The molecule has 1 aliphatic rings. The zero-order valence-electron chi connectivity index (χ0n) is 10.3. The molecule has 86 valence electrons. The van der Waals surface area contributed by atoms with Crippen LogP contribution in [0.15, 0.2) is 36.9 Å². The van der Waals surface area contributed by atoms with Crippen molar-refractivity contribution in [1.82, 2.24) is 0 Å². The summed E-state index contributed by atoms with van der Waals surface area (Å²) in [5, 5.41) is 0. The van der Waals surface area contributed by atoms with Crippen LogP contribution in [0.2, 0.25) is 0 Å². The van der Waals surface area contributed by atoms with Crippen LogP contribution in [0.4, 0.5) is 0 Å². The van der Waals surface area contributed by atoms with Gasteiger partial charge >= 0.3 is 0 Å². The van der Waals surface area contributed by atoms with E-state index in [2.05, 4.69) is 43.8 Å². The van der Waals surface area contributed by atoms with Gasteiger partial charge in [-0.3, -0.25) is 0 Å². The number of benzene rings is 1. The summed E-state index contributed by atoms with van der Waals surface area (Å²) >= 11 is 0. The molecule has 0 aromatic heterocycles. The molecule has 0 unspecified atom stereocenters. The van der Waals surface area contributed by atoms with Crippen molar-refractivity contribution in [3.8, 4) is 0 Å². The molecule has 0 aliphatic heterocycles. The summed E-state index contributed by atoms with van der Waals surface area (Å²) in [6.07, 6.45) is 9.14. The van der Waals surface area contributed by atoms with Crippen LogP contribution in [0.1, 0.15) is 49.1 Å². The topological polar surface area (TPSA) is 0 Å². The van der Waals surface area contributed by atoms with Crippen LogP contribution < -0.4 is 0 Å². The van der Waals surface area contributed by atoms with Crippen molar-refractivity contribution in [3.05, 3.63) is 48.0 Å². The van der Waals surface area contributed by atoms with Crippen molar-refractivity contribution < 1.29 is 0 Å². The van der Waals surface area contributed by atoms with Crippen molar-refractivity contribution in [2.45, 2.75) is 44.9 Å². The molecule has 0 amide bonds. The number of allylic oxidation sites excluding steroid dienone is 1. The smallest absolute Gasteiger partial charge is 0.00435 e. The normalized spacial score (nSPS) is 19.3. The molecular weight excluding hydrogens is 192 g/mol. The summed E-state index contributed by atoms with van der Waals surface area (Å²) in [6.45, 7) is 6.18. The number of aryl methyl sites for hydroxylation is 1. The summed E-state index contributed by atoms with van der Waals surface area (Å²) in [6, 6.07) is 8.98. The van der Waals surface area contributed by atoms with Crippen LogP contribution in [-0.4, -0.2) is 0 Å². The van der Waals surface area contributed by atoms with E-state index < -0.39 is 0 Å². The highest BCUT2D eigenvalue weighted by atomic mass is 14.3. The molecule has 0 heteroatoms. The van der Waals surface area contributed by atoms with Crippen molar-refractivity contribution in [3.63, 3.8) is 0 Å². The second kappa shape index (κ2) is 5.34. The fraction of sp³-hybridized carbons (Fsp3) is 0.500. The summed E-state index contributed by atoms with van der Waals surface area (Å²) in [7, 11) is 0. The van der Waals surface area contributed by atoms with Gasteiger partial charge in [0.1, 0.15) is 0 Å². The first kappa shape index (κ1) is 11.4. The van der Waals surface area contributed by atoms with Gasteiger partial charge in [-0.15, -0.1) is 6.58 Å².